The van der Waals surface area contributed by atoms with Crippen LogP contribution in [0.3, 0.4) is 0 Å². The molecule has 3 rings (SSSR count). The number of hydrogen-bond donors (Lipinski definition) is 0. The molecule has 0 saturated carbocycles. The van der Waals surface area contributed by atoms with Crippen LogP contribution in [0, 0.1) is 17.0 Å². The van der Waals surface area contributed by atoms with Crippen LogP contribution < -0.4 is 9.80 Å². The third-order valence-electron chi connectivity index (χ3n) is 4.53. The number of aryl methyl sites for hydroxylation is 1. The first-order valence-corrected chi connectivity index (χ1v) is 9.15. The van der Waals surface area contributed by atoms with Crippen LogP contribution >= 0.6 is 11.6 Å². The molecule has 2 aromatic rings. The minimum Gasteiger partial charge on any atom is -0.363 e. The van der Waals surface area contributed by atoms with Crippen LogP contribution in [0.4, 0.5) is 17.5 Å². The summed E-state index contributed by atoms with van der Waals surface area (Å²) in [4.78, 5) is 37.8. The van der Waals surface area contributed by atoms with E-state index >= 15 is 0 Å². The number of anilines is 2. The van der Waals surface area contributed by atoms with Gasteiger partial charge in [0.05, 0.1) is 15.5 Å². The molecule has 1 aliphatic heterocycles. The van der Waals surface area contributed by atoms with Crippen LogP contribution in [0.1, 0.15) is 16.1 Å². The predicted molar refractivity (Wildman–Crippen MR) is 107 cm³/mol. The van der Waals surface area contributed by atoms with Gasteiger partial charge >= 0.3 is 0 Å². The van der Waals surface area contributed by atoms with E-state index in [4.69, 9.17) is 11.6 Å². The van der Waals surface area contributed by atoms with Crippen molar-refractivity contribution in [2.24, 2.45) is 0 Å². The molecule has 0 N–H and O–H groups in total. The van der Waals surface area contributed by atoms with E-state index in [1.165, 1.54) is 18.2 Å². The quantitative estimate of drug-likeness (QED) is 0.570. The number of piperazine rings is 1. The van der Waals surface area contributed by atoms with Gasteiger partial charge in [0.1, 0.15) is 5.82 Å². The van der Waals surface area contributed by atoms with E-state index in [9.17, 15) is 14.9 Å². The van der Waals surface area contributed by atoms with Gasteiger partial charge in [0.25, 0.3) is 11.6 Å². The number of nitro benzene ring substituents is 1. The maximum atomic E-state index is 12.8. The van der Waals surface area contributed by atoms with E-state index in [1.54, 1.807) is 4.90 Å². The first-order chi connectivity index (χ1) is 13.3. The fraction of sp³-hybridized carbons (Fsp3) is 0.389. The zero-order valence-corrected chi connectivity index (χ0v) is 16.7. The molecule has 1 aromatic carbocycles. The summed E-state index contributed by atoms with van der Waals surface area (Å²) < 4.78 is 0. The van der Waals surface area contributed by atoms with Crippen molar-refractivity contribution in [2.45, 2.75) is 6.92 Å². The standard InChI is InChI=1S/C18H21ClN6O3/c1-12-10-16(22(2)3)21-18(20-12)24-8-6-23(7-9-24)17(26)14-5-4-13(25(27)28)11-15(14)19/h4-5,10-11H,6-9H2,1-3H3. The first kappa shape index (κ1) is 19.8. The molecule has 1 aliphatic rings. The molecule has 0 aliphatic carbocycles. The van der Waals surface area contributed by atoms with Crippen molar-refractivity contribution < 1.29 is 9.72 Å². The molecular weight excluding hydrogens is 384 g/mol. The van der Waals surface area contributed by atoms with Crippen LogP contribution in [0.5, 0.6) is 0 Å². The number of nitro groups is 1. The Morgan fingerprint density at radius 1 is 1.18 bits per heavy atom. The van der Waals surface area contributed by atoms with E-state index in [1.807, 2.05) is 36.9 Å². The number of non-ortho nitro benzene ring substituents is 1. The number of nitrogens with zero attached hydrogens (tertiary/aromatic N) is 6. The SMILES string of the molecule is Cc1cc(N(C)C)nc(N2CCN(C(=O)c3ccc([N+](=O)[O-])cc3Cl)CC2)n1. The van der Waals surface area contributed by atoms with Gasteiger partial charge in [0.15, 0.2) is 0 Å². The fourth-order valence-electron chi connectivity index (χ4n) is 2.98. The molecule has 10 heteroatoms. The Kier molecular flexibility index (Phi) is 5.64. The van der Waals surface area contributed by atoms with Crippen molar-refractivity contribution in [3.63, 3.8) is 0 Å². The van der Waals surface area contributed by atoms with Gasteiger partial charge in [-0.3, -0.25) is 14.9 Å². The fourth-order valence-corrected chi connectivity index (χ4v) is 3.23. The van der Waals surface area contributed by atoms with Gasteiger partial charge in [0.2, 0.25) is 5.95 Å². The number of benzene rings is 1. The summed E-state index contributed by atoms with van der Waals surface area (Å²) in [5.74, 6) is 1.24. The summed E-state index contributed by atoms with van der Waals surface area (Å²) in [7, 11) is 3.85. The normalized spacial score (nSPS) is 14.1. The lowest BCUT2D eigenvalue weighted by Crippen LogP contribution is -2.49. The summed E-state index contributed by atoms with van der Waals surface area (Å²) in [6.45, 7) is 4.08. The minimum absolute atomic E-state index is 0.0827. The lowest BCUT2D eigenvalue weighted by molar-refractivity contribution is -0.384. The topological polar surface area (TPSA) is 95.7 Å². The second-order valence-corrected chi connectivity index (χ2v) is 7.17. The third-order valence-corrected chi connectivity index (χ3v) is 4.84. The number of carbonyl (C=O) groups is 1. The average Bonchev–Trinajstić information content (AvgIpc) is 2.67. The maximum absolute atomic E-state index is 12.8. The minimum atomic E-state index is -0.539. The van der Waals surface area contributed by atoms with Gasteiger partial charge < -0.3 is 14.7 Å². The number of aromatic nitrogens is 2. The van der Waals surface area contributed by atoms with Gasteiger partial charge in [0, 0.05) is 64.2 Å². The largest absolute Gasteiger partial charge is 0.363 e. The second-order valence-electron chi connectivity index (χ2n) is 6.76. The second kappa shape index (κ2) is 7.97. The number of rotatable bonds is 4. The number of amides is 1. The molecular formula is C18H21ClN6O3. The molecule has 0 spiro atoms. The Hall–Kier alpha value is -2.94. The van der Waals surface area contributed by atoms with E-state index in [0.717, 1.165) is 11.5 Å². The Morgan fingerprint density at radius 3 is 2.43 bits per heavy atom. The number of carbonyl (C=O) groups excluding carboxylic acids is 1. The lowest BCUT2D eigenvalue weighted by atomic mass is 10.1. The van der Waals surface area contributed by atoms with E-state index in [0.29, 0.717) is 32.1 Å². The van der Waals surface area contributed by atoms with Crippen molar-refractivity contribution in [3.05, 3.63) is 50.7 Å². The highest BCUT2D eigenvalue weighted by atomic mass is 35.5. The highest BCUT2D eigenvalue weighted by Crippen LogP contribution is 2.24. The predicted octanol–water partition coefficient (Wildman–Crippen LogP) is 2.38. The van der Waals surface area contributed by atoms with Crippen molar-refractivity contribution in [3.8, 4) is 0 Å². The summed E-state index contributed by atoms with van der Waals surface area (Å²) in [6.07, 6.45) is 0. The van der Waals surface area contributed by atoms with Crippen LogP contribution in [0.25, 0.3) is 0 Å². The van der Waals surface area contributed by atoms with Gasteiger partial charge in [-0.1, -0.05) is 11.6 Å². The van der Waals surface area contributed by atoms with E-state index in [-0.39, 0.29) is 22.2 Å². The highest BCUT2D eigenvalue weighted by Gasteiger charge is 2.26. The molecule has 1 aromatic heterocycles. The monoisotopic (exact) mass is 404 g/mol. The molecule has 148 valence electrons. The molecule has 1 saturated heterocycles. The molecule has 1 amide bonds. The van der Waals surface area contributed by atoms with Crippen LogP contribution in [-0.2, 0) is 0 Å². The molecule has 2 heterocycles. The van der Waals surface area contributed by atoms with Crippen molar-refractivity contribution in [2.75, 3.05) is 50.1 Å². The van der Waals surface area contributed by atoms with Crippen LogP contribution in [-0.4, -0.2) is 66.0 Å². The Labute approximate surface area is 167 Å². The third kappa shape index (κ3) is 4.14. The number of hydrogen-bond acceptors (Lipinski definition) is 7. The molecule has 28 heavy (non-hydrogen) atoms. The van der Waals surface area contributed by atoms with Crippen LogP contribution in [0.15, 0.2) is 24.3 Å². The number of halogens is 1. The van der Waals surface area contributed by atoms with E-state index in [2.05, 4.69) is 9.97 Å². The highest BCUT2D eigenvalue weighted by molar-refractivity contribution is 6.34. The smallest absolute Gasteiger partial charge is 0.270 e. The lowest BCUT2D eigenvalue weighted by Gasteiger charge is -2.35. The van der Waals surface area contributed by atoms with Crippen molar-refractivity contribution in [1.29, 1.82) is 0 Å². The molecule has 0 unspecified atom stereocenters. The van der Waals surface area contributed by atoms with Gasteiger partial charge in [-0.05, 0) is 13.0 Å². The molecule has 0 atom stereocenters. The van der Waals surface area contributed by atoms with Gasteiger partial charge in [-0.25, -0.2) is 4.98 Å². The maximum Gasteiger partial charge on any atom is 0.270 e. The summed E-state index contributed by atoms with van der Waals surface area (Å²) in [5.41, 5.74) is 1.01. The molecule has 1 fully saturated rings. The zero-order valence-electron chi connectivity index (χ0n) is 15.9. The van der Waals surface area contributed by atoms with Gasteiger partial charge in [-0.2, -0.15) is 4.98 Å². The van der Waals surface area contributed by atoms with Crippen LogP contribution in [0.2, 0.25) is 5.02 Å². The van der Waals surface area contributed by atoms with Crippen molar-refractivity contribution in [1.82, 2.24) is 14.9 Å². The summed E-state index contributed by atoms with van der Waals surface area (Å²) >= 11 is 6.09. The Balaban J connectivity index is 1.70. The van der Waals surface area contributed by atoms with Gasteiger partial charge in [-0.15, -0.1) is 0 Å². The van der Waals surface area contributed by atoms with Crippen molar-refractivity contribution >= 4 is 35.0 Å². The molecule has 0 bridgehead atoms. The molecule has 9 nitrogen and oxygen atoms in total. The molecule has 0 radical (unpaired) electrons. The first-order valence-electron chi connectivity index (χ1n) is 8.77. The Morgan fingerprint density at radius 2 is 1.86 bits per heavy atom. The zero-order chi connectivity index (χ0) is 20.4. The van der Waals surface area contributed by atoms with E-state index < -0.39 is 4.92 Å². The Bertz CT molecular complexity index is 912. The average molecular weight is 405 g/mol. The summed E-state index contributed by atoms with van der Waals surface area (Å²) in [6, 6.07) is 5.81. The summed E-state index contributed by atoms with van der Waals surface area (Å²) in [5, 5.41) is 10.9.